The first-order valence-electron chi connectivity index (χ1n) is 11.4. The van der Waals surface area contributed by atoms with Crippen molar-refractivity contribution in [3.05, 3.63) is 88.5 Å². The van der Waals surface area contributed by atoms with E-state index >= 15 is 0 Å². The van der Waals surface area contributed by atoms with Crippen molar-refractivity contribution in [3.8, 4) is 0 Å². The molecule has 0 atom stereocenters. The van der Waals surface area contributed by atoms with E-state index in [9.17, 15) is 9.18 Å². The standard InChI is InChI=1S/C27H30FN3O/c1-20-23(19-30-25-12-11-21(7-5-17-32)26(28)18-25)10-9-22-6-4-15-31(27(20)22)16-13-24-8-2-3-14-29-24/h2-3,8-12,14,17-18,30H,4-7,13,15-16,19H2,1H3. The average molecular weight is 432 g/mol. The van der Waals surface area contributed by atoms with E-state index in [2.05, 4.69) is 40.3 Å². The van der Waals surface area contributed by atoms with Gasteiger partial charge >= 0.3 is 0 Å². The molecule has 2 aromatic carbocycles. The largest absolute Gasteiger partial charge is 0.381 e. The highest BCUT2D eigenvalue weighted by Crippen LogP contribution is 2.33. The Bertz CT molecular complexity index is 1070. The summed E-state index contributed by atoms with van der Waals surface area (Å²) in [5.74, 6) is -0.264. The lowest BCUT2D eigenvalue weighted by Gasteiger charge is -2.34. The molecule has 0 unspecified atom stereocenters. The molecule has 4 nitrogen and oxygen atoms in total. The number of halogens is 1. The van der Waals surface area contributed by atoms with Gasteiger partial charge in [-0.3, -0.25) is 4.98 Å². The van der Waals surface area contributed by atoms with Crippen LogP contribution in [0.4, 0.5) is 15.8 Å². The first-order valence-corrected chi connectivity index (χ1v) is 11.4. The van der Waals surface area contributed by atoms with E-state index in [-0.39, 0.29) is 5.82 Å². The molecule has 2 heterocycles. The summed E-state index contributed by atoms with van der Waals surface area (Å²) in [5, 5.41) is 3.37. The normalized spacial score (nSPS) is 13.0. The molecule has 3 aromatic rings. The first kappa shape index (κ1) is 22.0. The number of nitrogens with zero attached hydrogens (tertiary/aromatic N) is 2. The Balaban J connectivity index is 1.46. The molecule has 1 aliphatic heterocycles. The van der Waals surface area contributed by atoms with Crippen molar-refractivity contribution in [3.63, 3.8) is 0 Å². The summed E-state index contributed by atoms with van der Waals surface area (Å²) >= 11 is 0. The van der Waals surface area contributed by atoms with Crippen LogP contribution in [0.15, 0.2) is 54.7 Å². The highest BCUT2D eigenvalue weighted by Gasteiger charge is 2.20. The van der Waals surface area contributed by atoms with Crippen LogP contribution in [0.5, 0.6) is 0 Å². The molecule has 0 radical (unpaired) electrons. The zero-order valence-corrected chi connectivity index (χ0v) is 18.6. The fourth-order valence-electron chi connectivity index (χ4n) is 4.49. The van der Waals surface area contributed by atoms with E-state index in [4.69, 9.17) is 0 Å². The maximum absolute atomic E-state index is 14.3. The smallest absolute Gasteiger partial charge is 0.128 e. The van der Waals surface area contributed by atoms with E-state index in [1.807, 2.05) is 24.4 Å². The van der Waals surface area contributed by atoms with Crippen LogP contribution in [-0.2, 0) is 30.6 Å². The molecule has 1 aromatic heterocycles. The van der Waals surface area contributed by atoms with Gasteiger partial charge in [-0.2, -0.15) is 0 Å². The zero-order valence-electron chi connectivity index (χ0n) is 18.6. The summed E-state index contributed by atoms with van der Waals surface area (Å²) in [4.78, 5) is 17.5. The van der Waals surface area contributed by atoms with Crippen molar-refractivity contribution in [2.24, 2.45) is 0 Å². The van der Waals surface area contributed by atoms with E-state index < -0.39 is 0 Å². The monoisotopic (exact) mass is 431 g/mol. The molecule has 32 heavy (non-hydrogen) atoms. The van der Waals surface area contributed by atoms with Gasteiger partial charge in [0.25, 0.3) is 0 Å². The van der Waals surface area contributed by atoms with Crippen LogP contribution in [0.2, 0.25) is 0 Å². The second-order valence-electron chi connectivity index (χ2n) is 8.38. The summed E-state index contributed by atoms with van der Waals surface area (Å²) < 4.78 is 14.3. The summed E-state index contributed by atoms with van der Waals surface area (Å²) in [6.45, 7) is 4.85. The maximum Gasteiger partial charge on any atom is 0.128 e. The van der Waals surface area contributed by atoms with Gasteiger partial charge in [-0.05, 0) is 72.7 Å². The highest BCUT2D eigenvalue weighted by atomic mass is 19.1. The number of aryl methyl sites for hydroxylation is 2. The first-order chi connectivity index (χ1) is 15.7. The van der Waals surface area contributed by atoms with Crippen LogP contribution in [0.1, 0.15) is 40.8 Å². The Labute approximate surface area is 189 Å². The van der Waals surface area contributed by atoms with E-state index in [1.165, 1.54) is 34.9 Å². The van der Waals surface area contributed by atoms with Gasteiger partial charge in [0.15, 0.2) is 0 Å². The molecule has 0 saturated carbocycles. The van der Waals surface area contributed by atoms with E-state index in [0.29, 0.717) is 24.9 Å². The molecule has 0 amide bonds. The number of pyridine rings is 1. The average Bonchev–Trinajstić information content (AvgIpc) is 2.82. The maximum atomic E-state index is 14.3. The van der Waals surface area contributed by atoms with Gasteiger partial charge in [0.2, 0.25) is 0 Å². The summed E-state index contributed by atoms with van der Waals surface area (Å²) in [6, 6.07) is 15.7. The number of aldehydes is 1. The predicted octanol–water partition coefficient (Wildman–Crippen LogP) is 5.27. The summed E-state index contributed by atoms with van der Waals surface area (Å²) in [6.07, 6.45) is 6.66. The Kier molecular flexibility index (Phi) is 7.15. The quantitative estimate of drug-likeness (QED) is 0.469. The zero-order chi connectivity index (χ0) is 22.3. The fourth-order valence-corrected chi connectivity index (χ4v) is 4.49. The van der Waals surface area contributed by atoms with Crippen LogP contribution in [0, 0.1) is 12.7 Å². The fraction of sp³-hybridized carbons (Fsp3) is 0.333. The third-order valence-electron chi connectivity index (χ3n) is 6.25. The number of hydrogen-bond donors (Lipinski definition) is 1. The number of benzene rings is 2. The second-order valence-corrected chi connectivity index (χ2v) is 8.38. The van der Waals surface area contributed by atoms with Crippen molar-refractivity contribution in [1.82, 2.24) is 4.98 Å². The van der Waals surface area contributed by atoms with Crippen LogP contribution >= 0.6 is 0 Å². The van der Waals surface area contributed by atoms with Gasteiger partial charge in [-0.1, -0.05) is 24.3 Å². The van der Waals surface area contributed by atoms with Crippen molar-refractivity contribution in [2.45, 2.75) is 45.6 Å². The molecular weight excluding hydrogens is 401 g/mol. The lowest BCUT2D eigenvalue weighted by molar-refractivity contribution is -0.107. The van der Waals surface area contributed by atoms with Crippen LogP contribution < -0.4 is 10.2 Å². The minimum absolute atomic E-state index is 0.264. The Hall–Kier alpha value is -3.21. The van der Waals surface area contributed by atoms with E-state index in [1.54, 1.807) is 6.07 Å². The Morgan fingerprint density at radius 1 is 1.12 bits per heavy atom. The van der Waals surface area contributed by atoms with Gasteiger partial charge in [0.05, 0.1) is 0 Å². The molecule has 0 fully saturated rings. The molecule has 5 heteroatoms. The molecule has 0 spiro atoms. The number of anilines is 2. The van der Waals surface area contributed by atoms with Crippen molar-refractivity contribution in [1.29, 1.82) is 0 Å². The third-order valence-corrected chi connectivity index (χ3v) is 6.25. The van der Waals surface area contributed by atoms with Gasteiger partial charge in [0.1, 0.15) is 12.1 Å². The molecule has 1 N–H and O–H groups in total. The highest BCUT2D eigenvalue weighted by molar-refractivity contribution is 5.64. The topological polar surface area (TPSA) is 45.2 Å². The second kappa shape index (κ2) is 10.4. The van der Waals surface area contributed by atoms with Gasteiger partial charge < -0.3 is 15.0 Å². The number of nitrogens with one attached hydrogen (secondary N) is 1. The predicted molar refractivity (Wildman–Crippen MR) is 128 cm³/mol. The van der Waals surface area contributed by atoms with Gasteiger partial charge in [0, 0.05) is 55.7 Å². The molecule has 0 aliphatic carbocycles. The lowest BCUT2D eigenvalue weighted by Crippen LogP contribution is -2.32. The number of hydrogen-bond acceptors (Lipinski definition) is 4. The molecule has 0 bridgehead atoms. The number of fused-ring (bicyclic) bond motifs is 1. The van der Waals surface area contributed by atoms with Crippen molar-refractivity contribution in [2.75, 3.05) is 23.3 Å². The SMILES string of the molecule is Cc1c(CNc2ccc(CCC=O)c(F)c2)ccc2c1N(CCc1ccccn1)CCC2. The minimum Gasteiger partial charge on any atom is -0.381 e. The molecular formula is C27H30FN3O. The van der Waals surface area contributed by atoms with Crippen molar-refractivity contribution >= 4 is 17.7 Å². The number of carbonyl (C=O) groups is 1. The minimum atomic E-state index is -0.264. The van der Waals surface area contributed by atoms with Crippen LogP contribution in [0.25, 0.3) is 0 Å². The summed E-state index contributed by atoms with van der Waals surface area (Å²) in [5.41, 5.74) is 7.72. The van der Waals surface area contributed by atoms with E-state index in [0.717, 1.165) is 43.6 Å². The van der Waals surface area contributed by atoms with Crippen LogP contribution in [0.3, 0.4) is 0 Å². The van der Waals surface area contributed by atoms with Gasteiger partial charge in [-0.15, -0.1) is 0 Å². The Morgan fingerprint density at radius 3 is 2.78 bits per heavy atom. The molecule has 1 aliphatic rings. The molecule has 166 valence electrons. The van der Waals surface area contributed by atoms with Crippen molar-refractivity contribution < 1.29 is 9.18 Å². The third kappa shape index (κ3) is 5.16. The van der Waals surface area contributed by atoms with Crippen LogP contribution in [-0.4, -0.2) is 24.4 Å². The number of aromatic nitrogens is 1. The van der Waals surface area contributed by atoms with Gasteiger partial charge in [-0.25, -0.2) is 4.39 Å². The number of carbonyl (C=O) groups excluding carboxylic acids is 1. The molecule has 0 saturated heterocycles. The Morgan fingerprint density at radius 2 is 2.00 bits per heavy atom. The molecule has 4 rings (SSSR count). The lowest BCUT2D eigenvalue weighted by atomic mass is 9.94. The number of rotatable bonds is 9. The summed E-state index contributed by atoms with van der Waals surface area (Å²) in [7, 11) is 0.